The fraction of sp³-hybridized carbons (Fsp3) is 0.286. The summed E-state index contributed by atoms with van der Waals surface area (Å²) in [5.41, 5.74) is 1.87. The van der Waals surface area contributed by atoms with Gasteiger partial charge in [0.05, 0.1) is 6.42 Å². The summed E-state index contributed by atoms with van der Waals surface area (Å²) in [5.74, 6) is -0.951. The number of amides is 2. The number of hydrogen-bond acceptors (Lipinski definition) is 4. The lowest BCUT2D eigenvalue weighted by Gasteiger charge is -2.18. The van der Waals surface area contributed by atoms with Crippen LogP contribution in [0.5, 0.6) is 5.75 Å². The van der Waals surface area contributed by atoms with Crippen LogP contribution in [-0.4, -0.2) is 35.5 Å². The molecular weight excluding hydrogens is 360 g/mol. The Morgan fingerprint density at radius 2 is 1.75 bits per heavy atom. The van der Waals surface area contributed by atoms with E-state index in [1.807, 2.05) is 38.1 Å². The van der Waals surface area contributed by atoms with Gasteiger partial charge in [0.15, 0.2) is 6.10 Å². The van der Waals surface area contributed by atoms with Crippen LogP contribution < -0.4 is 15.4 Å². The van der Waals surface area contributed by atoms with Crippen molar-refractivity contribution in [2.24, 2.45) is 0 Å². The molecule has 0 heterocycles. The average Bonchev–Trinajstić information content (AvgIpc) is 2.67. The van der Waals surface area contributed by atoms with Crippen molar-refractivity contribution in [2.45, 2.75) is 32.8 Å². The molecule has 0 aliphatic heterocycles. The van der Waals surface area contributed by atoms with E-state index < -0.39 is 12.1 Å². The molecule has 2 aromatic rings. The predicted octanol–water partition coefficient (Wildman–Crippen LogP) is 3.00. The van der Waals surface area contributed by atoms with Crippen molar-refractivity contribution in [1.29, 1.82) is 0 Å². The van der Waals surface area contributed by atoms with Gasteiger partial charge in [-0.25, -0.2) is 0 Å². The van der Waals surface area contributed by atoms with Crippen molar-refractivity contribution in [2.75, 3.05) is 11.9 Å². The van der Waals surface area contributed by atoms with Crippen LogP contribution >= 0.6 is 0 Å². The topological polar surface area (TPSA) is 105 Å². The second kappa shape index (κ2) is 10.1. The summed E-state index contributed by atoms with van der Waals surface area (Å²) in [4.78, 5) is 34.9. The maximum Gasteiger partial charge on any atom is 0.305 e. The molecule has 148 valence electrons. The summed E-state index contributed by atoms with van der Waals surface area (Å²) in [5, 5.41) is 13.9. The molecule has 28 heavy (non-hydrogen) atoms. The maximum atomic E-state index is 12.5. The molecule has 0 saturated carbocycles. The molecule has 0 aromatic heterocycles. The lowest BCUT2D eigenvalue weighted by Crippen LogP contribution is -2.32. The summed E-state index contributed by atoms with van der Waals surface area (Å²) >= 11 is 0. The van der Waals surface area contributed by atoms with Crippen LogP contribution in [0.25, 0.3) is 0 Å². The van der Waals surface area contributed by atoms with E-state index >= 15 is 0 Å². The average molecular weight is 384 g/mol. The zero-order chi connectivity index (χ0) is 20.5. The third-order valence-electron chi connectivity index (χ3n) is 4.07. The fourth-order valence-electron chi connectivity index (χ4n) is 2.48. The number of aliphatic carboxylic acids is 1. The SMILES string of the molecule is CCC(Oc1ccccc1C)C(=O)Nc1ccc(C(=O)NCCC(=O)O)cc1. The monoisotopic (exact) mass is 384 g/mol. The third kappa shape index (κ3) is 6.12. The lowest BCUT2D eigenvalue weighted by molar-refractivity contribution is -0.136. The second-order valence-corrected chi connectivity index (χ2v) is 6.25. The van der Waals surface area contributed by atoms with E-state index in [0.717, 1.165) is 5.56 Å². The highest BCUT2D eigenvalue weighted by atomic mass is 16.5. The number of para-hydroxylation sites is 1. The molecule has 3 N–H and O–H groups in total. The van der Waals surface area contributed by atoms with Crippen molar-refractivity contribution >= 4 is 23.5 Å². The van der Waals surface area contributed by atoms with Crippen LogP contribution in [0.15, 0.2) is 48.5 Å². The molecule has 2 amide bonds. The van der Waals surface area contributed by atoms with E-state index in [-0.39, 0.29) is 24.8 Å². The normalized spacial score (nSPS) is 11.4. The number of nitrogens with one attached hydrogen (secondary N) is 2. The molecule has 1 atom stereocenters. The molecule has 0 radical (unpaired) electrons. The number of hydrogen-bond donors (Lipinski definition) is 3. The zero-order valence-electron chi connectivity index (χ0n) is 15.9. The highest BCUT2D eigenvalue weighted by Gasteiger charge is 2.19. The Labute approximate surface area is 163 Å². The number of aryl methyl sites for hydroxylation is 1. The van der Waals surface area contributed by atoms with Crippen LogP contribution in [0, 0.1) is 6.92 Å². The molecule has 2 aromatic carbocycles. The Bertz CT molecular complexity index is 833. The molecular formula is C21H24N2O5. The standard InChI is InChI=1S/C21H24N2O5/c1-3-17(28-18-7-5-4-6-14(18)2)21(27)23-16-10-8-15(9-11-16)20(26)22-13-12-19(24)25/h4-11,17H,3,12-13H2,1-2H3,(H,22,26)(H,23,27)(H,24,25). The Kier molecular flexibility index (Phi) is 7.56. The molecule has 0 aliphatic carbocycles. The highest BCUT2D eigenvalue weighted by Crippen LogP contribution is 2.19. The van der Waals surface area contributed by atoms with E-state index in [1.165, 1.54) is 0 Å². The first-order chi connectivity index (χ1) is 13.4. The highest BCUT2D eigenvalue weighted by molar-refractivity contribution is 5.97. The minimum atomic E-state index is -0.975. The van der Waals surface area contributed by atoms with Gasteiger partial charge in [-0.3, -0.25) is 14.4 Å². The van der Waals surface area contributed by atoms with E-state index in [4.69, 9.17) is 9.84 Å². The lowest BCUT2D eigenvalue weighted by atomic mass is 10.1. The number of carboxylic acids is 1. The largest absolute Gasteiger partial charge is 0.481 e. The van der Waals surface area contributed by atoms with Crippen LogP contribution in [0.3, 0.4) is 0 Å². The molecule has 1 unspecified atom stereocenters. The van der Waals surface area contributed by atoms with E-state index in [9.17, 15) is 14.4 Å². The predicted molar refractivity (Wildman–Crippen MR) is 106 cm³/mol. The van der Waals surface area contributed by atoms with Gasteiger partial charge in [-0.2, -0.15) is 0 Å². The second-order valence-electron chi connectivity index (χ2n) is 6.25. The fourth-order valence-corrected chi connectivity index (χ4v) is 2.48. The van der Waals surface area contributed by atoms with Crippen molar-refractivity contribution in [3.05, 3.63) is 59.7 Å². The summed E-state index contributed by atoms with van der Waals surface area (Å²) in [6.45, 7) is 3.84. The number of anilines is 1. The van der Waals surface area contributed by atoms with Crippen LogP contribution in [-0.2, 0) is 9.59 Å². The summed E-state index contributed by atoms with van der Waals surface area (Å²) in [6, 6.07) is 13.9. The Morgan fingerprint density at radius 1 is 1.07 bits per heavy atom. The minimum Gasteiger partial charge on any atom is -0.481 e. The number of carbonyl (C=O) groups excluding carboxylic acids is 2. The van der Waals surface area contributed by atoms with Crippen molar-refractivity contribution < 1.29 is 24.2 Å². The minimum absolute atomic E-state index is 0.0566. The van der Waals surface area contributed by atoms with Gasteiger partial charge in [-0.1, -0.05) is 25.1 Å². The Morgan fingerprint density at radius 3 is 2.36 bits per heavy atom. The summed E-state index contributed by atoms with van der Waals surface area (Å²) in [7, 11) is 0. The number of carboxylic acid groups (broad SMARTS) is 1. The molecule has 7 heteroatoms. The van der Waals surface area contributed by atoms with E-state index in [2.05, 4.69) is 10.6 Å². The molecule has 0 saturated heterocycles. The van der Waals surface area contributed by atoms with Crippen molar-refractivity contribution in [1.82, 2.24) is 5.32 Å². The third-order valence-corrected chi connectivity index (χ3v) is 4.07. The van der Waals surface area contributed by atoms with E-state index in [0.29, 0.717) is 23.4 Å². The maximum absolute atomic E-state index is 12.5. The molecule has 0 fully saturated rings. The summed E-state index contributed by atoms with van der Waals surface area (Å²) in [6.07, 6.45) is -0.274. The zero-order valence-corrected chi connectivity index (χ0v) is 15.9. The number of rotatable bonds is 9. The van der Waals surface area contributed by atoms with Gasteiger partial charge in [0, 0.05) is 17.8 Å². The van der Waals surface area contributed by atoms with E-state index in [1.54, 1.807) is 24.3 Å². The van der Waals surface area contributed by atoms with Crippen molar-refractivity contribution in [3.8, 4) is 5.75 Å². The van der Waals surface area contributed by atoms with Gasteiger partial charge in [-0.05, 0) is 49.2 Å². The van der Waals surface area contributed by atoms with Gasteiger partial charge in [-0.15, -0.1) is 0 Å². The first-order valence-electron chi connectivity index (χ1n) is 9.04. The van der Waals surface area contributed by atoms with Crippen molar-refractivity contribution in [3.63, 3.8) is 0 Å². The van der Waals surface area contributed by atoms with Gasteiger partial charge in [0.1, 0.15) is 5.75 Å². The quantitative estimate of drug-likeness (QED) is 0.616. The molecule has 7 nitrogen and oxygen atoms in total. The molecule has 2 rings (SSSR count). The Balaban J connectivity index is 1.94. The summed E-state index contributed by atoms with van der Waals surface area (Å²) < 4.78 is 5.83. The van der Waals surface area contributed by atoms with Gasteiger partial charge < -0.3 is 20.5 Å². The van der Waals surface area contributed by atoms with Gasteiger partial charge >= 0.3 is 5.97 Å². The number of carbonyl (C=O) groups is 3. The van der Waals surface area contributed by atoms with Gasteiger partial charge in [0.2, 0.25) is 0 Å². The Hall–Kier alpha value is -3.35. The molecule has 0 spiro atoms. The van der Waals surface area contributed by atoms with Crippen LogP contribution in [0.1, 0.15) is 35.7 Å². The van der Waals surface area contributed by atoms with Crippen LogP contribution in [0.4, 0.5) is 5.69 Å². The van der Waals surface area contributed by atoms with Gasteiger partial charge in [0.25, 0.3) is 11.8 Å². The smallest absolute Gasteiger partial charge is 0.305 e. The first-order valence-corrected chi connectivity index (χ1v) is 9.04. The molecule has 0 aliphatic rings. The molecule has 0 bridgehead atoms. The number of ether oxygens (including phenoxy) is 1. The first kappa shape index (κ1) is 21.0. The number of benzene rings is 2. The van der Waals surface area contributed by atoms with Crippen LogP contribution in [0.2, 0.25) is 0 Å².